The summed E-state index contributed by atoms with van der Waals surface area (Å²) in [5.41, 5.74) is 0.149. The maximum atomic E-state index is 5.83. The average molecular weight is 252 g/mol. The van der Waals surface area contributed by atoms with Gasteiger partial charge >= 0.3 is 0 Å². The van der Waals surface area contributed by atoms with Crippen molar-refractivity contribution in [1.29, 1.82) is 0 Å². The third kappa shape index (κ3) is 4.10. The Morgan fingerprint density at radius 1 is 1.33 bits per heavy atom. The van der Waals surface area contributed by atoms with E-state index >= 15 is 0 Å². The third-order valence-corrected chi connectivity index (χ3v) is 3.19. The fourth-order valence-electron chi connectivity index (χ4n) is 2.16. The fraction of sp³-hybridized carbons (Fsp3) is 0.786. The SMILES string of the molecule is CC(C)(C)NCCc1ncc(C2CCOCC2)o1. The maximum Gasteiger partial charge on any atom is 0.195 e. The van der Waals surface area contributed by atoms with Crippen LogP contribution in [0, 0.1) is 0 Å². The average Bonchev–Trinajstić information content (AvgIpc) is 2.77. The molecule has 1 saturated heterocycles. The molecule has 1 aliphatic heterocycles. The molecule has 0 saturated carbocycles. The van der Waals surface area contributed by atoms with Gasteiger partial charge in [0.15, 0.2) is 5.89 Å². The standard InChI is InChI=1S/C14H24N2O2/c1-14(2,3)16-7-4-13-15-10-12(18-13)11-5-8-17-9-6-11/h10-11,16H,4-9H2,1-3H3. The van der Waals surface area contributed by atoms with Crippen LogP contribution in [0.5, 0.6) is 0 Å². The zero-order valence-corrected chi connectivity index (χ0v) is 11.7. The smallest absolute Gasteiger partial charge is 0.195 e. The van der Waals surface area contributed by atoms with Gasteiger partial charge in [-0.2, -0.15) is 0 Å². The Balaban J connectivity index is 1.82. The van der Waals surface area contributed by atoms with Gasteiger partial charge < -0.3 is 14.5 Å². The number of nitrogens with one attached hydrogen (secondary N) is 1. The Hall–Kier alpha value is -0.870. The first-order valence-corrected chi connectivity index (χ1v) is 6.82. The molecule has 0 radical (unpaired) electrons. The van der Waals surface area contributed by atoms with Crippen LogP contribution in [-0.2, 0) is 11.2 Å². The van der Waals surface area contributed by atoms with Crippen LogP contribution in [0.15, 0.2) is 10.6 Å². The molecular weight excluding hydrogens is 228 g/mol. The monoisotopic (exact) mass is 252 g/mol. The molecule has 1 N–H and O–H groups in total. The summed E-state index contributed by atoms with van der Waals surface area (Å²) >= 11 is 0. The van der Waals surface area contributed by atoms with E-state index in [2.05, 4.69) is 31.1 Å². The zero-order chi connectivity index (χ0) is 13.0. The van der Waals surface area contributed by atoms with E-state index in [9.17, 15) is 0 Å². The molecule has 1 aliphatic rings. The molecule has 1 aromatic heterocycles. The molecule has 0 amide bonds. The predicted molar refractivity (Wildman–Crippen MR) is 70.8 cm³/mol. The number of hydrogen-bond acceptors (Lipinski definition) is 4. The van der Waals surface area contributed by atoms with E-state index in [1.54, 1.807) is 0 Å². The first-order chi connectivity index (χ1) is 8.54. The molecule has 0 unspecified atom stereocenters. The van der Waals surface area contributed by atoms with Crippen molar-refractivity contribution in [2.75, 3.05) is 19.8 Å². The Morgan fingerprint density at radius 3 is 2.72 bits per heavy atom. The molecule has 18 heavy (non-hydrogen) atoms. The van der Waals surface area contributed by atoms with Crippen LogP contribution in [-0.4, -0.2) is 30.3 Å². The summed E-state index contributed by atoms with van der Waals surface area (Å²) in [5.74, 6) is 2.37. The van der Waals surface area contributed by atoms with Gasteiger partial charge in [0.25, 0.3) is 0 Å². The summed E-state index contributed by atoms with van der Waals surface area (Å²) in [6.45, 7) is 9.07. The highest BCUT2D eigenvalue weighted by molar-refractivity contribution is 5.03. The van der Waals surface area contributed by atoms with Crippen LogP contribution >= 0.6 is 0 Å². The quantitative estimate of drug-likeness (QED) is 0.894. The van der Waals surface area contributed by atoms with E-state index in [1.165, 1.54) is 0 Å². The largest absolute Gasteiger partial charge is 0.445 e. The van der Waals surface area contributed by atoms with Crippen molar-refractivity contribution in [2.24, 2.45) is 0 Å². The van der Waals surface area contributed by atoms with Crippen LogP contribution in [0.2, 0.25) is 0 Å². The Bertz CT molecular complexity index is 362. The van der Waals surface area contributed by atoms with Gasteiger partial charge in [0.05, 0.1) is 6.20 Å². The Morgan fingerprint density at radius 2 is 2.06 bits per heavy atom. The molecular formula is C14H24N2O2. The summed E-state index contributed by atoms with van der Waals surface area (Å²) < 4.78 is 11.2. The Labute approximate surface area is 109 Å². The number of hydrogen-bond donors (Lipinski definition) is 1. The molecule has 2 heterocycles. The first kappa shape index (κ1) is 13.6. The highest BCUT2D eigenvalue weighted by atomic mass is 16.5. The van der Waals surface area contributed by atoms with E-state index in [-0.39, 0.29) is 5.54 Å². The van der Waals surface area contributed by atoms with E-state index in [0.29, 0.717) is 5.92 Å². The molecule has 102 valence electrons. The summed E-state index contributed by atoms with van der Waals surface area (Å²) in [6, 6.07) is 0. The molecule has 0 aromatic carbocycles. The molecule has 4 nitrogen and oxygen atoms in total. The van der Waals surface area contributed by atoms with Gasteiger partial charge in [0.1, 0.15) is 5.76 Å². The zero-order valence-electron chi connectivity index (χ0n) is 11.7. The van der Waals surface area contributed by atoms with Gasteiger partial charge in [-0.1, -0.05) is 0 Å². The van der Waals surface area contributed by atoms with Crippen molar-refractivity contribution in [2.45, 2.75) is 51.5 Å². The molecule has 4 heteroatoms. The highest BCUT2D eigenvalue weighted by Crippen LogP contribution is 2.27. The topological polar surface area (TPSA) is 47.3 Å². The Kier molecular flexibility index (Phi) is 4.40. The van der Waals surface area contributed by atoms with Gasteiger partial charge in [0.2, 0.25) is 0 Å². The van der Waals surface area contributed by atoms with E-state index in [1.807, 2.05) is 6.20 Å². The molecule has 1 fully saturated rings. The minimum atomic E-state index is 0.149. The van der Waals surface area contributed by atoms with Crippen molar-refractivity contribution in [3.05, 3.63) is 17.8 Å². The van der Waals surface area contributed by atoms with E-state index < -0.39 is 0 Å². The van der Waals surface area contributed by atoms with Gasteiger partial charge in [-0.25, -0.2) is 4.98 Å². The number of oxazole rings is 1. The lowest BCUT2D eigenvalue weighted by Crippen LogP contribution is -2.37. The molecule has 0 atom stereocenters. The summed E-state index contributed by atoms with van der Waals surface area (Å²) in [4.78, 5) is 4.36. The second kappa shape index (κ2) is 5.85. The number of rotatable bonds is 4. The van der Waals surface area contributed by atoms with Gasteiger partial charge in [-0.05, 0) is 33.6 Å². The maximum absolute atomic E-state index is 5.83. The van der Waals surface area contributed by atoms with Gasteiger partial charge in [0, 0.05) is 37.6 Å². The van der Waals surface area contributed by atoms with Gasteiger partial charge in [-0.3, -0.25) is 0 Å². The fourth-order valence-corrected chi connectivity index (χ4v) is 2.16. The molecule has 0 spiro atoms. The lowest BCUT2D eigenvalue weighted by Gasteiger charge is -2.20. The van der Waals surface area contributed by atoms with E-state index in [4.69, 9.17) is 9.15 Å². The molecule has 0 bridgehead atoms. The van der Waals surface area contributed by atoms with Crippen LogP contribution in [0.4, 0.5) is 0 Å². The second-order valence-corrected chi connectivity index (χ2v) is 5.97. The van der Waals surface area contributed by atoms with Crippen molar-refractivity contribution in [1.82, 2.24) is 10.3 Å². The predicted octanol–water partition coefficient (Wildman–Crippen LogP) is 2.50. The minimum Gasteiger partial charge on any atom is -0.445 e. The lowest BCUT2D eigenvalue weighted by atomic mass is 9.98. The lowest BCUT2D eigenvalue weighted by molar-refractivity contribution is 0.0803. The number of nitrogens with zero attached hydrogens (tertiary/aromatic N) is 1. The minimum absolute atomic E-state index is 0.149. The van der Waals surface area contributed by atoms with Crippen molar-refractivity contribution in [3.8, 4) is 0 Å². The number of ether oxygens (including phenoxy) is 1. The van der Waals surface area contributed by atoms with E-state index in [0.717, 1.165) is 50.7 Å². The van der Waals surface area contributed by atoms with Crippen molar-refractivity contribution < 1.29 is 9.15 Å². The second-order valence-electron chi connectivity index (χ2n) is 5.97. The van der Waals surface area contributed by atoms with Crippen molar-refractivity contribution in [3.63, 3.8) is 0 Å². The summed E-state index contributed by atoms with van der Waals surface area (Å²) in [5, 5.41) is 3.44. The normalized spacial score (nSPS) is 18.2. The third-order valence-electron chi connectivity index (χ3n) is 3.19. The highest BCUT2D eigenvalue weighted by Gasteiger charge is 2.20. The summed E-state index contributed by atoms with van der Waals surface area (Å²) in [6.07, 6.45) is 4.84. The van der Waals surface area contributed by atoms with Crippen molar-refractivity contribution >= 4 is 0 Å². The van der Waals surface area contributed by atoms with Crippen LogP contribution in [0.1, 0.15) is 51.2 Å². The molecule has 0 aliphatic carbocycles. The molecule has 2 rings (SSSR count). The van der Waals surface area contributed by atoms with Crippen LogP contribution in [0.3, 0.4) is 0 Å². The van der Waals surface area contributed by atoms with Crippen LogP contribution < -0.4 is 5.32 Å². The first-order valence-electron chi connectivity index (χ1n) is 6.82. The van der Waals surface area contributed by atoms with Gasteiger partial charge in [-0.15, -0.1) is 0 Å². The van der Waals surface area contributed by atoms with Crippen LogP contribution in [0.25, 0.3) is 0 Å². The summed E-state index contributed by atoms with van der Waals surface area (Å²) in [7, 11) is 0. The molecule has 1 aromatic rings. The number of aromatic nitrogens is 1.